The van der Waals surface area contributed by atoms with Crippen LogP contribution in [-0.2, 0) is 4.79 Å². The first-order valence-electron chi connectivity index (χ1n) is 10.5. The fourth-order valence-electron chi connectivity index (χ4n) is 3.90. The fourth-order valence-corrected chi connectivity index (χ4v) is 4.09. The van der Waals surface area contributed by atoms with Crippen molar-refractivity contribution in [3.05, 3.63) is 64.4 Å². The number of carbonyl (C=O) groups is 2. The first-order valence-corrected chi connectivity index (χ1v) is 10.9. The van der Waals surface area contributed by atoms with Gasteiger partial charge < -0.3 is 15.4 Å². The van der Waals surface area contributed by atoms with Crippen LogP contribution < -0.4 is 15.4 Å². The van der Waals surface area contributed by atoms with Crippen molar-refractivity contribution in [2.24, 2.45) is 0 Å². The molecule has 1 saturated carbocycles. The molecule has 1 aliphatic heterocycles. The highest BCUT2D eigenvalue weighted by atomic mass is 35.5. The van der Waals surface area contributed by atoms with E-state index in [1.165, 1.54) is 19.3 Å². The first kappa shape index (κ1) is 20.5. The average molecular weight is 425 g/mol. The molecule has 2 N–H and O–H groups in total. The Bertz CT molecular complexity index is 978. The van der Waals surface area contributed by atoms with Gasteiger partial charge in [-0.3, -0.25) is 9.59 Å². The molecule has 2 aromatic carbocycles. The molecule has 4 rings (SSSR count). The number of hydrogen-bond donors (Lipinski definition) is 2. The maximum atomic E-state index is 12.7. The number of carbonyl (C=O) groups excluding carboxylic acids is 2. The van der Waals surface area contributed by atoms with Crippen molar-refractivity contribution in [3.8, 4) is 5.75 Å². The zero-order valence-corrected chi connectivity index (χ0v) is 17.5. The zero-order valence-electron chi connectivity index (χ0n) is 16.7. The van der Waals surface area contributed by atoms with Crippen LogP contribution >= 0.6 is 11.6 Å². The van der Waals surface area contributed by atoms with Crippen molar-refractivity contribution in [1.29, 1.82) is 0 Å². The fraction of sp³-hybridized carbons (Fsp3) is 0.333. The highest BCUT2D eigenvalue weighted by Crippen LogP contribution is 2.33. The number of fused-ring (bicyclic) bond motifs is 1. The molecule has 156 valence electrons. The van der Waals surface area contributed by atoms with Crippen LogP contribution in [0.3, 0.4) is 0 Å². The molecular weight excluding hydrogens is 400 g/mol. The van der Waals surface area contributed by atoms with Crippen molar-refractivity contribution in [1.82, 2.24) is 5.32 Å². The van der Waals surface area contributed by atoms with E-state index in [2.05, 4.69) is 10.6 Å². The SMILES string of the molecule is O=C1Nc2cc(C(=O)NC3CCCCCCC3)ccc2O/C1=C/c1ccccc1Cl. The van der Waals surface area contributed by atoms with E-state index in [0.717, 1.165) is 25.7 Å². The van der Waals surface area contributed by atoms with Gasteiger partial charge in [0, 0.05) is 16.6 Å². The Labute approximate surface area is 181 Å². The van der Waals surface area contributed by atoms with Crippen molar-refractivity contribution in [3.63, 3.8) is 0 Å². The smallest absolute Gasteiger partial charge is 0.291 e. The van der Waals surface area contributed by atoms with Gasteiger partial charge in [0.15, 0.2) is 11.5 Å². The minimum absolute atomic E-state index is 0.116. The lowest BCUT2D eigenvalue weighted by molar-refractivity contribution is -0.115. The van der Waals surface area contributed by atoms with Crippen LogP contribution in [0, 0.1) is 0 Å². The van der Waals surface area contributed by atoms with Crippen LogP contribution in [0.25, 0.3) is 6.08 Å². The van der Waals surface area contributed by atoms with Crippen molar-refractivity contribution >= 4 is 35.2 Å². The third kappa shape index (κ3) is 4.85. The van der Waals surface area contributed by atoms with Gasteiger partial charge >= 0.3 is 0 Å². The van der Waals surface area contributed by atoms with Gasteiger partial charge in [0.2, 0.25) is 0 Å². The summed E-state index contributed by atoms with van der Waals surface area (Å²) in [4.78, 5) is 25.2. The summed E-state index contributed by atoms with van der Waals surface area (Å²) in [5, 5.41) is 6.50. The number of rotatable bonds is 3. The molecule has 2 aliphatic rings. The molecule has 2 amide bonds. The molecule has 1 heterocycles. The van der Waals surface area contributed by atoms with Gasteiger partial charge in [-0.1, -0.05) is 61.9 Å². The summed E-state index contributed by atoms with van der Waals surface area (Å²) >= 11 is 6.17. The van der Waals surface area contributed by atoms with E-state index in [4.69, 9.17) is 16.3 Å². The summed E-state index contributed by atoms with van der Waals surface area (Å²) in [6.45, 7) is 0. The van der Waals surface area contributed by atoms with E-state index in [9.17, 15) is 9.59 Å². The van der Waals surface area contributed by atoms with E-state index >= 15 is 0 Å². The Morgan fingerprint density at radius 1 is 1.07 bits per heavy atom. The molecule has 0 aromatic heterocycles. The Morgan fingerprint density at radius 2 is 1.80 bits per heavy atom. The average Bonchev–Trinajstić information content (AvgIpc) is 2.71. The van der Waals surface area contributed by atoms with E-state index < -0.39 is 0 Å². The van der Waals surface area contributed by atoms with Gasteiger partial charge in [-0.25, -0.2) is 0 Å². The standard InChI is InChI=1S/C24H25ClN2O3/c25-19-11-7-6-8-16(19)15-22-24(29)27-20-14-17(12-13-21(20)30-22)23(28)26-18-9-4-2-1-3-5-10-18/h6-8,11-15,18H,1-5,9-10H2,(H,26,28)(H,27,29)/b22-15+. The molecular formula is C24H25ClN2O3. The number of benzene rings is 2. The molecule has 0 spiro atoms. The monoisotopic (exact) mass is 424 g/mol. The van der Waals surface area contributed by atoms with Crippen molar-refractivity contribution in [2.75, 3.05) is 5.32 Å². The molecule has 5 nitrogen and oxygen atoms in total. The van der Waals surface area contributed by atoms with Gasteiger partial charge in [-0.15, -0.1) is 0 Å². The number of amides is 2. The Hall–Kier alpha value is -2.79. The van der Waals surface area contributed by atoms with E-state index in [1.54, 1.807) is 30.3 Å². The zero-order chi connectivity index (χ0) is 20.9. The predicted octanol–water partition coefficient (Wildman–Crippen LogP) is 5.55. The summed E-state index contributed by atoms with van der Waals surface area (Å²) < 4.78 is 5.78. The molecule has 2 aromatic rings. The summed E-state index contributed by atoms with van der Waals surface area (Å²) in [6, 6.07) is 12.5. The number of ether oxygens (including phenoxy) is 1. The highest BCUT2D eigenvalue weighted by molar-refractivity contribution is 6.32. The van der Waals surface area contributed by atoms with Crippen molar-refractivity contribution in [2.45, 2.75) is 51.0 Å². The number of nitrogens with one attached hydrogen (secondary N) is 2. The van der Waals surface area contributed by atoms with E-state index in [0.29, 0.717) is 27.6 Å². The lowest BCUT2D eigenvalue weighted by Gasteiger charge is -2.23. The molecule has 1 fully saturated rings. The van der Waals surface area contributed by atoms with Gasteiger partial charge in [-0.2, -0.15) is 0 Å². The third-order valence-electron chi connectivity index (χ3n) is 5.57. The molecule has 30 heavy (non-hydrogen) atoms. The highest BCUT2D eigenvalue weighted by Gasteiger charge is 2.24. The first-order chi connectivity index (χ1) is 14.6. The Balaban J connectivity index is 1.48. The maximum Gasteiger partial charge on any atom is 0.291 e. The van der Waals surface area contributed by atoms with Crippen LogP contribution in [0.15, 0.2) is 48.2 Å². The second-order valence-electron chi connectivity index (χ2n) is 7.81. The Kier molecular flexibility index (Phi) is 6.38. The molecule has 0 radical (unpaired) electrons. The summed E-state index contributed by atoms with van der Waals surface area (Å²) in [5.74, 6) is 0.160. The molecule has 0 saturated heterocycles. The second-order valence-corrected chi connectivity index (χ2v) is 8.22. The maximum absolute atomic E-state index is 12.7. The van der Waals surface area contributed by atoms with Gasteiger partial charge in [-0.05, 0) is 48.7 Å². The van der Waals surface area contributed by atoms with E-state index in [1.807, 2.05) is 18.2 Å². The minimum atomic E-state index is -0.375. The topological polar surface area (TPSA) is 67.4 Å². The molecule has 0 unspecified atom stereocenters. The number of anilines is 1. The molecule has 0 bridgehead atoms. The van der Waals surface area contributed by atoms with Crippen LogP contribution in [0.4, 0.5) is 5.69 Å². The largest absolute Gasteiger partial charge is 0.449 e. The number of hydrogen-bond acceptors (Lipinski definition) is 3. The van der Waals surface area contributed by atoms with Crippen LogP contribution in [-0.4, -0.2) is 17.9 Å². The summed E-state index contributed by atoms with van der Waals surface area (Å²) in [7, 11) is 0. The third-order valence-corrected chi connectivity index (χ3v) is 5.91. The molecule has 6 heteroatoms. The van der Waals surface area contributed by atoms with Crippen LogP contribution in [0.1, 0.15) is 60.9 Å². The summed E-state index contributed by atoms with van der Waals surface area (Å²) in [6.07, 6.45) is 9.71. The van der Waals surface area contributed by atoms with Gasteiger partial charge in [0.25, 0.3) is 11.8 Å². The predicted molar refractivity (Wildman–Crippen MR) is 119 cm³/mol. The minimum Gasteiger partial charge on any atom is -0.449 e. The molecule has 1 aliphatic carbocycles. The van der Waals surface area contributed by atoms with Gasteiger partial charge in [0.05, 0.1) is 5.69 Å². The van der Waals surface area contributed by atoms with E-state index in [-0.39, 0.29) is 23.6 Å². The summed E-state index contributed by atoms with van der Waals surface area (Å²) in [5.41, 5.74) is 1.70. The van der Waals surface area contributed by atoms with Crippen molar-refractivity contribution < 1.29 is 14.3 Å². The normalized spacial score (nSPS) is 18.6. The Morgan fingerprint density at radius 3 is 2.57 bits per heavy atom. The van der Waals surface area contributed by atoms with Crippen LogP contribution in [0.2, 0.25) is 5.02 Å². The molecule has 0 atom stereocenters. The number of halogens is 1. The quantitative estimate of drug-likeness (QED) is 0.634. The van der Waals surface area contributed by atoms with Gasteiger partial charge in [0.1, 0.15) is 0 Å². The lowest BCUT2D eigenvalue weighted by Crippen LogP contribution is -2.35. The lowest BCUT2D eigenvalue weighted by atomic mass is 9.96. The van der Waals surface area contributed by atoms with Crippen LogP contribution in [0.5, 0.6) is 5.75 Å². The second kappa shape index (κ2) is 9.35.